The topological polar surface area (TPSA) is 112 Å². The maximum atomic E-state index is 12.9. The Bertz CT molecular complexity index is 752. The molecule has 9 nitrogen and oxygen atoms in total. The molecule has 9 atom stereocenters. The zero-order valence-corrected chi connectivity index (χ0v) is 19.3. The van der Waals surface area contributed by atoms with Gasteiger partial charge in [0.1, 0.15) is 18.3 Å². The van der Waals surface area contributed by atoms with Crippen molar-refractivity contribution in [3.63, 3.8) is 0 Å². The van der Waals surface area contributed by atoms with Crippen molar-refractivity contribution in [3.05, 3.63) is 0 Å². The number of hydrogen-bond donors (Lipinski definition) is 1. The average molecular weight is 454 g/mol. The van der Waals surface area contributed by atoms with Crippen LogP contribution in [0.3, 0.4) is 0 Å². The van der Waals surface area contributed by atoms with E-state index in [4.69, 9.17) is 18.9 Å². The molecular weight excluding hydrogens is 418 g/mol. The Morgan fingerprint density at radius 1 is 1.16 bits per heavy atom. The largest absolute Gasteiger partial charge is 0.462 e. The van der Waals surface area contributed by atoms with Gasteiger partial charge in [-0.2, -0.15) is 0 Å². The lowest BCUT2D eigenvalue weighted by Crippen LogP contribution is -2.53. The highest BCUT2D eigenvalue weighted by atomic mass is 16.6. The van der Waals surface area contributed by atoms with Crippen molar-refractivity contribution in [1.29, 1.82) is 0 Å². The second kappa shape index (κ2) is 8.91. The zero-order valence-electron chi connectivity index (χ0n) is 19.3. The van der Waals surface area contributed by atoms with Crippen molar-refractivity contribution in [2.45, 2.75) is 65.0 Å². The summed E-state index contributed by atoms with van der Waals surface area (Å²) < 4.78 is 22.6. The third-order valence-corrected chi connectivity index (χ3v) is 8.13. The third-order valence-electron chi connectivity index (χ3n) is 8.13. The molecule has 0 spiro atoms. The number of morpholine rings is 1. The van der Waals surface area contributed by atoms with Gasteiger partial charge in [-0.05, 0) is 12.3 Å². The number of rotatable bonds is 4. The Morgan fingerprint density at radius 3 is 2.44 bits per heavy atom. The predicted octanol–water partition coefficient (Wildman–Crippen LogP) is 0.767. The fourth-order valence-corrected chi connectivity index (χ4v) is 6.85. The van der Waals surface area contributed by atoms with Crippen LogP contribution in [0.2, 0.25) is 0 Å². The van der Waals surface area contributed by atoms with Crippen LogP contribution in [0.1, 0.15) is 40.5 Å². The summed E-state index contributed by atoms with van der Waals surface area (Å²) in [5, 5.41) is 11.9. The van der Waals surface area contributed by atoms with Gasteiger partial charge in [-0.15, -0.1) is 0 Å². The monoisotopic (exact) mass is 453 g/mol. The highest BCUT2D eigenvalue weighted by Gasteiger charge is 2.67. The van der Waals surface area contributed by atoms with Gasteiger partial charge in [0.05, 0.1) is 25.2 Å². The lowest BCUT2D eigenvalue weighted by atomic mass is 9.66. The van der Waals surface area contributed by atoms with E-state index >= 15 is 0 Å². The van der Waals surface area contributed by atoms with Crippen molar-refractivity contribution in [3.8, 4) is 0 Å². The van der Waals surface area contributed by atoms with Crippen LogP contribution in [0.25, 0.3) is 0 Å². The van der Waals surface area contributed by atoms with Crippen LogP contribution >= 0.6 is 0 Å². The number of esters is 3. The second-order valence-electron chi connectivity index (χ2n) is 10.1. The number of aliphatic hydroxyl groups is 1. The molecule has 9 heteroatoms. The number of fused-ring (bicyclic) bond motifs is 2. The van der Waals surface area contributed by atoms with E-state index in [1.807, 2.05) is 13.8 Å². The van der Waals surface area contributed by atoms with Crippen molar-refractivity contribution in [1.82, 2.24) is 4.90 Å². The molecule has 2 aliphatic heterocycles. The lowest BCUT2D eigenvalue weighted by molar-refractivity contribution is -0.165. The molecule has 4 aliphatic rings. The van der Waals surface area contributed by atoms with Crippen LogP contribution in [-0.4, -0.2) is 85.2 Å². The normalized spacial score (nSPS) is 44.2. The first-order valence-corrected chi connectivity index (χ1v) is 11.7. The molecule has 4 rings (SSSR count). The van der Waals surface area contributed by atoms with Gasteiger partial charge in [0, 0.05) is 57.2 Å². The molecule has 32 heavy (non-hydrogen) atoms. The fraction of sp³-hybridized carbons (Fsp3) is 0.870. The van der Waals surface area contributed by atoms with Gasteiger partial charge in [0.2, 0.25) is 0 Å². The molecule has 0 unspecified atom stereocenters. The van der Waals surface area contributed by atoms with E-state index in [1.165, 1.54) is 13.8 Å². The molecule has 2 heterocycles. The first-order valence-electron chi connectivity index (χ1n) is 11.7. The number of carbonyl (C=O) groups excluding carboxylic acids is 3. The van der Waals surface area contributed by atoms with E-state index in [-0.39, 0.29) is 17.8 Å². The summed E-state index contributed by atoms with van der Waals surface area (Å²) in [6.45, 7) is 9.86. The SMILES string of the molecule is CC(=O)O[C@H]1C[C@H](OC(C)=O)[C@]2(C)[C@@H]1[C@H](C)C[C@@H]1OC(=O)[C@@H](CN3CCOCC3)[C@H]1[C@@H]2O. The van der Waals surface area contributed by atoms with E-state index in [2.05, 4.69) is 4.90 Å². The van der Waals surface area contributed by atoms with Crippen LogP contribution in [0.15, 0.2) is 0 Å². The molecule has 2 aliphatic carbocycles. The zero-order chi connectivity index (χ0) is 23.2. The van der Waals surface area contributed by atoms with Crippen molar-refractivity contribution in [2.75, 3.05) is 32.8 Å². The molecule has 2 saturated heterocycles. The van der Waals surface area contributed by atoms with Gasteiger partial charge in [-0.25, -0.2) is 0 Å². The number of nitrogens with zero attached hydrogens (tertiary/aromatic N) is 1. The first-order chi connectivity index (χ1) is 15.1. The maximum Gasteiger partial charge on any atom is 0.311 e. The summed E-state index contributed by atoms with van der Waals surface area (Å²) in [7, 11) is 0. The van der Waals surface area contributed by atoms with E-state index in [9.17, 15) is 19.5 Å². The number of hydrogen-bond acceptors (Lipinski definition) is 9. The molecule has 4 fully saturated rings. The number of ether oxygens (including phenoxy) is 4. The van der Waals surface area contributed by atoms with Crippen LogP contribution in [0.5, 0.6) is 0 Å². The molecule has 0 amide bonds. The van der Waals surface area contributed by atoms with Crippen molar-refractivity contribution >= 4 is 17.9 Å². The van der Waals surface area contributed by atoms with E-state index in [1.54, 1.807) is 0 Å². The van der Waals surface area contributed by atoms with Crippen LogP contribution in [-0.2, 0) is 33.3 Å². The lowest BCUT2D eigenvalue weighted by Gasteiger charge is -2.43. The third kappa shape index (κ3) is 4.03. The average Bonchev–Trinajstić information content (AvgIpc) is 3.12. The summed E-state index contributed by atoms with van der Waals surface area (Å²) in [6.07, 6.45) is -1.56. The molecule has 0 aromatic rings. The molecule has 0 aromatic carbocycles. The minimum absolute atomic E-state index is 0.00973. The minimum Gasteiger partial charge on any atom is -0.462 e. The van der Waals surface area contributed by atoms with Gasteiger partial charge < -0.3 is 24.1 Å². The van der Waals surface area contributed by atoms with Crippen LogP contribution in [0.4, 0.5) is 0 Å². The van der Waals surface area contributed by atoms with Gasteiger partial charge in [-0.3, -0.25) is 19.3 Å². The maximum absolute atomic E-state index is 12.9. The summed E-state index contributed by atoms with van der Waals surface area (Å²) in [4.78, 5) is 38.8. The Morgan fingerprint density at radius 2 is 1.81 bits per heavy atom. The standard InChI is InChI=1S/C23H35NO8/c1-12-9-16-19(15(22(28)32-16)11-24-5-7-29-8-6-24)21(27)23(4)18(31-14(3)26)10-17(20(12)23)30-13(2)25/h12,15-21,27H,5-11H2,1-4H3/t12-,15+,16+,17+,18+,19-,20-,21+,23-/m1/s1. The minimum atomic E-state index is -0.954. The molecule has 0 aromatic heterocycles. The Hall–Kier alpha value is -1.71. The summed E-state index contributed by atoms with van der Waals surface area (Å²) in [5.41, 5.74) is -0.873. The summed E-state index contributed by atoms with van der Waals surface area (Å²) in [5.74, 6) is -2.24. The van der Waals surface area contributed by atoms with Crippen molar-refractivity contribution < 1.29 is 38.4 Å². The predicted molar refractivity (Wildman–Crippen MR) is 111 cm³/mol. The summed E-state index contributed by atoms with van der Waals surface area (Å²) >= 11 is 0. The van der Waals surface area contributed by atoms with Crippen molar-refractivity contribution in [2.24, 2.45) is 29.1 Å². The van der Waals surface area contributed by atoms with Gasteiger partial charge in [-0.1, -0.05) is 13.8 Å². The first kappa shape index (κ1) is 23.4. The Labute approximate surface area is 188 Å². The van der Waals surface area contributed by atoms with E-state index in [0.29, 0.717) is 32.6 Å². The van der Waals surface area contributed by atoms with Gasteiger partial charge in [0.15, 0.2) is 0 Å². The smallest absolute Gasteiger partial charge is 0.311 e. The summed E-state index contributed by atoms with van der Waals surface area (Å²) in [6, 6.07) is 0. The van der Waals surface area contributed by atoms with Crippen LogP contribution in [0, 0.1) is 29.1 Å². The fourth-order valence-electron chi connectivity index (χ4n) is 6.85. The molecule has 0 bridgehead atoms. The molecule has 0 radical (unpaired) electrons. The Balaban J connectivity index is 1.68. The second-order valence-corrected chi connectivity index (χ2v) is 10.1. The van der Waals surface area contributed by atoms with Gasteiger partial charge in [0.25, 0.3) is 0 Å². The molecule has 2 saturated carbocycles. The van der Waals surface area contributed by atoms with Crippen LogP contribution < -0.4 is 0 Å². The van der Waals surface area contributed by atoms with E-state index < -0.39 is 53.6 Å². The molecule has 1 N–H and O–H groups in total. The van der Waals surface area contributed by atoms with Gasteiger partial charge >= 0.3 is 17.9 Å². The molecular formula is C23H35NO8. The van der Waals surface area contributed by atoms with E-state index in [0.717, 1.165) is 13.1 Å². The number of carbonyl (C=O) groups is 3. The highest BCUT2D eigenvalue weighted by molar-refractivity contribution is 5.76. The molecule has 180 valence electrons. The Kier molecular flexibility index (Phi) is 6.53. The highest BCUT2D eigenvalue weighted by Crippen LogP contribution is 2.58. The number of aliphatic hydroxyl groups excluding tert-OH is 1. The quantitative estimate of drug-likeness (QED) is 0.487.